The van der Waals surface area contributed by atoms with Gasteiger partial charge in [-0.3, -0.25) is 4.79 Å². The van der Waals surface area contributed by atoms with Crippen LogP contribution in [0.5, 0.6) is 0 Å². The highest BCUT2D eigenvalue weighted by Crippen LogP contribution is 2.30. The molecule has 1 aliphatic heterocycles. The molecule has 1 aromatic heterocycles. The molecule has 3 rings (SSSR count). The van der Waals surface area contributed by atoms with Crippen LogP contribution in [0, 0.1) is 13.8 Å². The molecule has 0 unspecified atom stereocenters. The minimum atomic E-state index is -3.59. The lowest BCUT2D eigenvalue weighted by atomic mass is 10.1. The average Bonchev–Trinajstić information content (AvgIpc) is 3.00. The van der Waals surface area contributed by atoms with Crippen LogP contribution in [0.2, 0.25) is 0 Å². The van der Waals surface area contributed by atoms with E-state index >= 15 is 0 Å². The number of hydrogen-bond acceptors (Lipinski definition) is 6. The Morgan fingerprint density at radius 2 is 1.90 bits per heavy atom. The number of hydrogen-bond donors (Lipinski definition) is 1. The summed E-state index contributed by atoms with van der Waals surface area (Å²) in [6.45, 7) is 4.62. The van der Waals surface area contributed by atoms with E-state index in [1.54, 1.807) is 32.0 Å². The number of anilines is 2. The minimum Gasteiger partial charge on any atom is -0.376 e. The maximum atomic E-state index is 13.0. The van der Waals surface area contributed by atoms with Crippen LogP contribution < -0.4 is 10.2 Å². The number of piperidine rings is 1. The average molecular weight is 421 g/mol. The maximum absolute atomic E-state index is 13.0. The summed E-state index contributed by atoms with van der Waals surface area (Å²) in [5, 5.41) is 6.74. The molecule has 0 radical (unpaired) electrons. The van der Waals surface area contributed by atoms with Gasteiger partial charge in [0, 0.05) is 32.7 Å². The van der Waals surface area contributed by atoms with Gasteiger partial charge in [0.25, 0.3) is 0 Å². The van der Waals surface area contributed by atoms with E-state index in [0.717, 1.165) is 30.5 Å². The van der Waals surface area contributed by atoms with Crippen LogP contribution in [0.15, 0.2) is 27.6 Å². The van der Waals surface area contributed by atoms with E-state index in [2.05, 4.69) is 10.5 Å². The molecule has 0 saturated carbocycles. The third-order valence-electron chi connectivity index (χ3n) is 5.20. The molecular formula is C20H28N4O4S. The second-order valence-electron chi connectivity index (χ2n) is 7.57. The summed E-state index contributed by atoms with van der Waals surface area (Å²) in [5.41, 5.74) is 2.61. The molecule has 1 aliphatic rings. The topological polar surface area (TPSA) is 95.8 Å². The molecule has 1 N–H and O–H groups in total. The van der Waals surface area contributed by atoms with E-state index in [9.17, 15) is 13.2 Å². The first kappa shape index (κ1) is 21.3. The smallest absolute Gasteiger partial charge is 0.243 e. The number of nitrogens with zero attached hydrogens (tertiary/aromatic N) is 3. The van der Waals surface area contributed by atoms with Gasteiger partial charge in [-0.15, -0.1) is 0 Å². The lowest BCUT2D eigenvalue weighted by molar-refractivity contribution is -0.115. The van der Waals surface area contributed by atoms with Crippen LogP contribution in [0.3, 0.4) is 0 Å². The Hall–Kier alpha value is -2.39. The number of carbonyl (C=O) groups excluding carboxylic acids is 1. The van der Waals surface area contributed by atoms with E-state index < -0.39 is 10.0 Å². The normalized spacial score (nSPS) is 15.3. The lowest BCUT2D eigenvalue weighted by Gasteiger charge is -2.26. The van der Waals surface area contributed by atoms with Gasteiger partial charge in [0.1, 0.15) is 5.76 Å². The zero-order valence-electron chi connectivity index (χ0n) is 17.4. The largest absolute Gasteiger partial charge is 0.376 e. The van der Waals surface area contributed by atoms with Gasteiger partial charge < -0.3 is 14.7 Å². The van der Waals surface area contributed by atoms with Crippen molar-refractivity contribution in [2.75, 3.05) is 37.4 Å². The van der Waals surface area contributed by atoms with Gasteiger partial charge in [-0.25, -0.2) is 8.42 Å². The van der Waals surface area contributed by atoms with Gasteiger partial charge in [-0.1, -0.05) is 11.6 Å². The summed E-state index contributed by atoms with van der Waals surface area (Å²) in [4.78, 5) is 14.7. The molecule has 29 heavy (non-hydrogen) atoms. The van der Waals surface area contributed by atoms with Gasteiger partial charge in [0.15, 0.2) is 0 Å². The van der Waals surface area contributed by atoms with E-state index in [-0.39, 0.29) is 17.2 Å². The van der Waals surface area contributed by atoms with Crippen LogP contribution in [-0.2, 0) is 21.2 Å². The van der Waals surface area contributed by atoms with Gasteiger partial charge >= 0.3 is 0 Å². The molecule has 0 atom stereocenters. The number of amides is 1. The van der Waals surface area contributed by atoms with Crippen LogP contribution in [0.4, 0.5) is 11.4 Å². The highest BCUT2D eigenvalue weighted by molar-refractivity contribution is 7.89. The summed E-state index contributed by atoms with van der Waals surface area (Å²) in [6, 6.07) is 4.87. The van der Waals surface area contributed by atoms with Gasteiger partial charge in [-0.05, 0) is 44.9 Å². The SMILES string of the molecule is Cc1noc(C)c1CC(=O)Nc1cc(S(=O)(=O)N2CCCCC2)ccc1N(C)C. The van der Waals surface area contributed by atoms with Gasteiger partial charge in [0.05, 0.1) is 28.4 Å². The molecule has 0 aliphatic carbocycles. The Morgan fingerprint density at radius 3 is 2.48 bits per heavy atom. The molecule has 2 heterocycles. The predicted molar refractivity (Wildman–Crippen MR) is 112 cm³/mol. The molecule has 8 nitrogen and oxygen atoms in total. The summed E-state index contributed by atoms with van der Waals surface area (Å²) in [6.07, 6.45) is 2.90. The van der Waals surface area contributed by atoms with Crippen molar-refractivity contribution in [3.05, 3.63) is 35.2 Å². The van der Waals surface area contributed by atoms with Crippen molar-refractivity contribution >= 4 is 27.3 Å². The zero-order valence-corrected chi connectivity index (χ0v) is 18.2. The van der Waals surface area contributed by atoms with Crippen molar-refractivity contribution < 1.29 is 17.7 Å². The minimum absolute atomic E-state index is 0.108. The zero-order chi connectivity index (χ0) is 21.2. The fourth-order valence-electron chi connectivity index (χ4n) is 3.53. The Bertz CT molecular complexity index is 972. The van der Waals surface area contributed by atoms with Crippen LogP contribution in [0.1, 0.15) is 36.3 Å². The molecule has 1 amide bonds. The van der Waals surface area contributed by atoms with E-state index in [1.165, 1.54) is 4.31 Å². The molecule has 1 fully saturated rings. The van der Waals surface area contributed by atoms with Crippen molar-refractivity contribution in [2.24, 2.45) is 0 Å². The first-order valence-electron chi connectivity index (χ1n) is 9.73. The molecule has 158 valence electrons. The fraction of sp³-hybridized carbons (Fsp3) is 0.500. The summed E-state index contributed by atoms with van der Waals surface area (Å²) < 4.78 is 32.7. The number of sulfonamides is 1. The van der Waals surface area contributed by atoms with Crippen LogP contribution in [0.25, 0.3) is 0 Å². The van der Waals surface area contributed by atoms with Gasteiger partial charge in [-0.2, -0.15) is 4.31 Å². The molecule has 2 aromatic rings. The molecular weight excluding hydrogens is 392 g/mol. The number of benzene rings is 1. The number of rotatable bonds is 6. The third kappa shape index (κ3) is 4.62. The van der Waals surface area contributed by atoms with Crippen LogP contribution in [-0.4, -0.2) is 51.0 Å². The molecule has 1 aromatic carbocycles. The Balaban J connectivity index is 1.88. The molecule has 9 heteroatoms. The van der Waals surface area contributed by atoms with Crippen molar-refractivity contribution in [2.45, 2.75) is 44.4 Å². The molecule has 0 spiro atoms. The van der Waals surface area contributed by atoms with Gasteiger partial charge in [0.2, 0.25) is 15.9 Å². The number of carbonyl (C=O) groups is 1. The third-order valence-corrected chi connectivity index (χ3v) is 7.09. The maximum Gasteiger partial charge on any atom is 0.243 e. The number of aryl methyl sites for hydroxylation is 2. The number of aromatic nitrogens is 1. The summed E-state index contributed by atoms with van der Waals surface area (Å²) in [5.74, 6) is 0.349. The Labute approximate surface area is 171 Å². The quantitative estimate of drug-likeness (QED) is 0.772. The van der Waals surface area contributed by atoms with E-state index in [1.807, 2.05) is 19.0 Å². The Kier molecular flexibility index (Phi) is 6.28. The highest BCUT2D eigenvalue weighted by atomic mass is 32.2. The predicted octanol–water partition coefficient (Wildman–Crippen LogP) is 2.71. The van der Waals surface area contributed by atoms with E-state index in [4.69, 9.17) is 4.52 Å². The summed E-state index contributed by atoms with van der Waals surface area (Å²) in [7, 11) is 0.103. The number of nitrogens with one attached hydrogen (secondary N) is 1. The fourth-order valence-corrected chi connectivity index (χ4v) is 5.07. The van der Waals surface area contributed by atoms with Crippen molar-refractivity contribution in [3.8, 4) is 0 Å². The van der Waals surface area contributed by atoms with Crippen LogP contribution >= 0.6 is 0 Å². The highest BCUT2D eigenvalue weighted by Gasteiger charge is 2.27. The van der Waals surface area contributed by atoms with Crippen molar-refractivity contribution in [1.29, 1.82) is 0 Å². The summed E-state index contributed by atoms with van der Waals surface area (Å²) >= 11 is 0. The second kappa shape index (κ2) is 8.54. The van der Waals surface area contributed by atoms with Crippen molar-refractivity contribution in [1.82, 2.24) is 9.46 Å². The molecule has 1 saturated heterocycles. The monoisotopic (exact) mass is 420 g/mol. The first-order chi connectivity index (χ1) is 13.7. The van der Waals surface area contributed by atoms with Crippen molar-refractivity contribution in [3.63, 3.8) is 0 Å². The first-order valence-corrected chi connectivity index (χ1v) is 11.2. The Morgan fingerprint density at radius 1 is 1.21 bits per heavy atom. The molecule has 0 bridgehead atoms. The van der Waals surface area contributed by atoms with E-state index in [0.29, 0.717) is 30.2 Å². The lowest BCUT2D eigenvalue weighted by Crippen LogP contribution is -2.35. The standard InChI is InChI=1S/C20H28N4O4S/c1-14-17(15(2)28-22-14)13-20(25)21-18-12-16(8-9-19(18)23(3)4)29(26,27)24-10-6-5-7-11-24/h8-9,12H,5-7,10-11,13H2,1-4H3,(H,21,25). The second-order valence-corrected chi connectivity index (χ2v) is 9.50.